The van der Waals surface area contributed by atoms with Gasteiger partial charge in [-0.3, -0.25) is 4.79 Å². The number of thiophene rings is 2. The molecule has 0 aliphatic heterocycles. The van der Waals surface area contributed by atoms with Crippen molar-refractivity contribution in [3.63, 3.8) is 0 Å². The summed E-state index contributed by atoms with van der Waals surface area (Å²) in [5.41, 5.74) is 4.23. The van der Waals surface area contributed by atoms with Gasteiger partial charge in [0, 0.05) is 19.5 Å². The fourth-order valence-electron chi connectivity index (χ4n) is 5.07. The first kappa shape index (κ1) is 30.5. The van der Waals surface area contributed by atoms with Crippen LogP contribution in [0.1, 0.15) is 35.4 Å². The first-order valence-electron chi connectivity index (χ1n) is 14.1. The van der Waals surface area contributed by atoms with E-state index < -0.39 is 0 Å². The van der Waals surface area contributed by atoms with Crippen LogP contribution in [0.15, 0.2) is 140 Å². The lowest BCUT2D eigenvalue weighted by atomic mass is 9.88. The number of carbonyl (C=O) groups excluding carboxylic acids is 1. The van der Waals surface area contributed by atoms with Gasteiger partial charge < -0.3 is 0 Å². The zero-order chi connectivity index (χ0) is 30.6. The third kappa shape index (κ3) is 6.92. The maximum Gasteiger partial charge on any atom is 0.148 e. The number of rotatable bonds is 10. The van der Waals surface area contributed by atoms with E-state index in [1.54, 1.807) is 70.5 Å². The van der Waals surface area contributed by atoms with Crippen LogP contribution in [0.25, 0.3) is 22.3 Å². The van der Waals surface area contributed by atoms with Gasteiger partial charge >= 0.3 is 0 Å². The minimum atomic E-state index is -0.341. The highest BCUT2D eigenvalue weighted by molar-refractivity contribution is 8.01. The molecule has 0 N–H and O–H groups in total. The summed E-state index contributed by atoms with van der Waals surface area (Å²) in [5, 5.41) is 0. The van der Waals surface area contributed by atoms with E-state index in [2.05, 4.69) is 36.4 Å². The SMILES string of the molecule is CC(C(=O)C(C)c1sc(Sc2ccc(F)cc2)cc1-c1ccccc1)c1sc(Sc2ccc(F)cc2)cc1-c1ccccc1. The topological polar surface area (TPSA) is 17.1 Å². The van der Waals surface area contributed by atoms with Crippen LogP contribution in [-0.2, 0) is 4.79 Å². The van der Waals surface area contributed by atoms with Gasteiger partial charge in [-0.15, -0.1) is 22.7 Å². The molecule has 2 unspecified atom stereocenters. The summed E-state index contributed by atoms with van der Waals surface area (Å²) in [7, 11) is 0. The normalized spacial score (nSPS) is 12.6. The molecule has 0 saturated heterocycles. The van der Waals surface area contributed by atoms with Gasteiger partial charge in [0.1, 0.15) is 17.4 Å². The first-order valence-corrected chi connectivity index (χ1v) is 17.4. The Kier molecular flexibility index (Phi) is 9.47. The summed E-state index contributed by atoms with van der Waals surface area (Å²) >= 11 is 6.42. The monoisotopic (exact) mass is 654 g/mol. The Morgan fingerprint density at radius 1 is 0.568 bits per heavy atom. The Labute approximate surface area is 273 Å². The zero-order valence-electron chi connectivity index (χ0n) is 24.0. The van der Waals surface area contributed by atoms with E-state index in [4.69, 9.17) is 0 Å². The molecule has 2 heterocycles. The molecular formula is C37H28F2OS4. The summed E-state index contributed by atoms with van der Waals surface area (Å²) in [6, 6.07) is 37.6. The highest BCUT2D eigenvalue weighted by Crippen LogP contribution is 2.47. The molecule has 0 radical (unpaired) electrons. The Morgan fingerprint density at radius 2 is 0.932 bits per heavy atom. The lowest BCUT2D eigenvalue weighted by Gasteiger charge is -2.18. The molecule has 0 aliphatic rings. The molecule has 7 heteroatoms. The van der Waals surface area contributed by atoms with E-state index >= 15 is 0 Å². The highest BCUT2D eigenvalue weighted by Gasteiger charge is 2.30. The molecule has 0 bridgehead atoms. The van der Waals surface area contributed by atoms with Gasteiger partial charge in [-0.1, -0.05) is 98.0 Å². The van der Waals surface area contributed by atoms with Gasteiger partial charge in [-0.05, 0) is 82.9 Å². The lowest BCUT2D eigenvalue weighted by molar-refractivity contribution is -0.121. The second-order valence-corrected chi connectivity index (χ2v) is 15.3. The minimum absolute atomic E-state index is 0.153. The average molecular weight is 655 g/mol. The van der Waals surface area contributed by atoms with Crippen LogP contribution >= 0.6 is 46.2 Å². The van der Waals surface area contributed by atoms with Crippen molar-refractivity contribution in [3.05, 3.63) is 143 Å². The minimum Gasteiger partial charge on any atom is -0.298 e. The number of benzene rings is 4. The number of Topliss-reactive ketones (excluding diaryl/α,β-unsaturated/α-hetero) is 1. The van der Waals surface area contributed by atoms with Crippen LogP contribution in [0, 0.1) is 11.6 Å². The van der Waals surface area contributed by atoms with Crippen molar-refractivity contribution in [2.75, 3.05) is 0 Å². The predicted molar refractivity (Wildman–Crippen MR) is 182 cm³/mol. The van der Waals surface area contributed by atoms with Crippen LogP contribution in [0.3, 0.4) is 0 Å². The summed E-state index contributed by atoms with van der Waals surface area (Å²) in [4.78, 5) is 18.3. The molecule has 44 heavy (non-hydrogen) atoms. The van der Waals surface area contributed by atoms with Crippen LogP contribution in [0.4, 0.5) is 8.78 Å². The maximum absolute atomic E-state index is 14.3. The molecule has 0 spiro atoms. The van der Waals surface area contributed by atoms with Crippen molar-refractivity contribution < 1.29 is 13.6 Å². The summed E-state index contributed by atoms with van der Waals surface area (Å²) < 4.78 is 29.2. The van der Waals surface area contributed by atoms with Gasteiger partial charge in [0.15, 0.2) is 0 Å². The van der Waals surface area contributed by atoms with Gasteiger partial charge in [-0.2, -0.15) is 0 Å². The van der Waals surface area contributed by atoms with Crippen molar-refractivity contribution >= 4 is 52.0 Å². The number of halogens is 2. The molecule has 220 valence electrons. The van der Waals surface area contributed by atoms with Crippen molar-refractivity contribution in [2.45, 2.75) is 43.9 Å². The van der Waals surface area contributed by atoms with E-state index in [1.165, 1.54) is 24.3 Å². The summed E-state index contributed by atoms with van der Waals surface area (Å²) in [6.07, 6.45) is 0. The van der Waals surface area contributed by atoms with E-state index in [-0.39, 0.29) is 29.3 Å². The van der Waals surface area contributed by atoms with Crippen LogP contribution in [0.5, 0.6) is 0 Å². The van der Waals surface area contributed by atoms with Crippen molar-refractivity contribution in [1.29, 1.82) is 0 Å². The van der Waals surface area contributed by atoms with E-state index in [1.807, 2.05) is 50.2 Å². The van der Waals surface area contributed by atoms with Crippen LogP contribution in [0.2, 0.25) is 0 Å². The molecule has 4 aromatic carbocycles. The second-order valence-electron chi connectivity index (χ2n) is 10.4. The molecule has 1 nitrogen and oxygen atoms in total. The van der Waals surface area contributed by atoms with Gasteiger partial charge in [0.05, 0.1) is 20.3 Å². The van der Waals surface area contributed by atoms with Crippen molar-refractivity contribution in [2.24, 2.45) is 0 Å². The van der Waals surface area contributed by atoms with Crippen LogP contribution in [-0.4, -0.2) is 5.78 Å². The quantitative estimate of drug-likeness (QED) is 0.146. The largest absolute Gasteiger partial charge is 0.298 e. The number of hydrogen-bond donors (Lipinski definition) is 0. The molecule has 0 saturated carbocycles. The Bertz CT molecular complexity index is 1720. The third-order valence-electron chi connectivity index (χ3n) is 7.35. The molecule has 0 amide bonds. The second kappa shape index (κ2) is 13.7. The Balaban J connectivity index is 1.34. The zero-order valence-corrected chi connectivity index (χ0v) is 27.3. The average Bonchev–Trinajstić information content (AvgIpc) is 3.68. The molecule has 0 aliphatic carbocycles. The fraction of sp³-hybridized carbons (Fsp3) is 0.108. The highest BCUT2D eigenvalue weighted by atomic mass is 32.2. The van der Waals surface area contributed by atoms with E-state index in [0.717, 1.165) is 50.2 Å². The summed E-state index contributed by atoms with van der Waals surface area (Å²) in [5.74, 6) is -1.05. The first-order chi connectivity index (χ1) is 21.4. The molecule has 0 fully saturated rings. The predicted octanol–water partition coefficient (Wildman–Crippen LogP) is 12.2. The molecule has 2 aromatic heterocycles. The van der Waals surface area contributed by atoms with E-state index in [0.29, 0.717) is 0 Å². The number of carbonyl (C=O) groups is 1. The fourth-order valence-corrected chi connectivity index (χ4v) is 9.82. The van der Waals surface area contributed by atoms with Crippen molar-refractivity contribution in [1.82, 2.24) is 0 Å². The van der Waals surface area contributed by atoms with Crippen LogP contribution < -0.4 is 0 Å². The van der Waals surface area contributed by atoms with Gasteiger partial charge in [0.25, 0.3) is 0 Å². The summed E-state index contributed by atoms with van der Waals surface area (Å²) in [6.45, 7) is 4.01. The lowest BCUT2D eigenvalue weighted by Crippen LogP contribution is -2.16. The van der Waals surface area contributed by atoms with Crippen molar-refractivity contribution in [3.8, 4) is 22.3 Å². The van der Waals surface area contributed by atoms with Gasteiger partial charge in [-0.25, -0.2) is 8.78 Å². The Hall–Kier alpha value is -3.49. The number of hydrogen-bond acceptors (Lipinski definition) is 5. The smallest absolute Gasteiger partial charge is 0.148 e. The van der Waals surface area contributed by atoms with E-state index in [9.17, 15) is 13.6 Å². The maximum atomic E-state index is 14.3. The molecule has 2 atom stereocenters. The van der Waals surface area contributed by atoms with Gasteiger partial charge in [0.2, 0.25) is 0 Å². The molecular weight excluding hydrogens is 627 g/mol. The standard InChI is InChI=1S/C37H28F2OS4/c1-23(36-31(25-9-5-3-6-10-25)21-33(43-36)41-29-17-13-27(38)14-18-29)35(40)24(2)37-32(26-11-7-4-8-12-26)22-34(44-37)42-30-19-15-28(39)16-20-30/h3-24H,1-2H3. The third-order valence-corrected chi connectivity index (χ3v) is 12.2. The Morgan fingerprint density at radius 3 is 1.30 bits per heavy atom. The molecule has 6 aromatic rings. The molecule has 6 rings (SSSR count). The number of ketones is 1.